The van der Waals surface area contributed by atoms with Crippen LogP contribution in [0.4, 0.5) is 10.1 Å². The highest BCUT2D eigenvalue weighted by Gasteiger charge is 2.30. The van der Waals surface area contributed by atoms with Crippen LogP contribution in [0.2, 0.25) is 0 Å². The van der Waals surface area contributed by atoms with Crippen LogP contribution in [0.25, 0.3) is 0 Å². The minimum Gasteiger partial charge on any atom is -0.352 e. The molecule has 0 unspecified atom stereocenters. The lowest BCUT2D eigenvalue weighted by Crippen LogP contribution is -2.38. The third kappa shape index (κ3) is 6.12. The van der Waals surface area contributed by atoms with Crippen LogP contribution in [0.15, 0.2) is 42.5 Å². The molecule has 1 aliphatic carbocycles. The van der Waals surface area contributed by atoms with Gasteiger partial charge in [0.15, 0.2) is 0 Å². The minimum atomic E-state index is -0.324. The molecule has 0 aliphatic heterocycles. The lowest BCUT2D eigenvalue weighted by Gasteiger charge is -2.22. The van der Waals surface area contributed by atoms with Crippen molar-refractivity contribution in [1.82, 2.24) is 10.2 Å². The molecule has 0 radical (unpaired) electrons. The molecular weight excluding hydrogens is 369 g/mol. The number of halogens is 1. The van der Waals surface area contributed by atoms with Gasteiger partial charge in [0.1, 0.15) is 5.82 Å². The first-order valence-electron chi connectivity index (χ1n) is 10.0. The van der Waals surface area contributed by atoms with Gasteiger partial charge in [-0.2, -0.15) is 0 Å². The van der Waals surface area contributed by atoms with E-state index >= 15 is 0 Å². The quantitative estimate of drug-likeness (QED) is 0.680. The van der Waals surface area contributed by atoms with Gasteiger partial charge in [0.2, 0.25) is 11.8 Å². The number of hydrogen-bond donors (Lipinski definition) is 2. The van der Waals surface area contributed by atoms with E-state index in [1.165, 1.54) is 6.07 Å². The second kappa shape index (κ2) is 9.65. The molecule has 0 saturated heterocycles. The lowest BCUT2D eigenvalue weighted by molar-refractivity contribution is -0.122. The number of carbonyl (C=O) groups excluding carboxylic acids is 2. The van der Waals surface area contributed by atoms with E-state index < -0.39 is 0 Å². The number of carbonyl (C=O) groups is 2. The Kier molecular flexibility index (Phi) is 6.99. The first-order chi connectivity index (χ1) is 13.9. The summed E-state index contributed by atoms with van der Waals surface area (Å²) in [5.41, 5.74) is 3.39. The molecule has 0 aromatic heterocycles. The first kappa shape index (κ1) is 21.0. The Hall–Kier alpha value is -2.73. The van der Waals surface area contributed by atoms with Gasteiger partial charge in [-0.25, -0.2) is 4.39 Å². The second-order valence-corrected chi connectivity index (χ2v) is 7.63. The maximum atomic E-state index is 13.6. The van der Waals surface area contributed by atoms with E-state index in [9.17, 15) is 14.0 Å². The van der Waals surface area contributed by atoms with Crippen LogP contribution in [0.1, 0.15) is 36.0 Å². The average Bonchev–Trinajstić information content (AvgIpc) is 3.53. The van der Waals surface area contributed by atoms with E-state index in [1.54, 1.807) is 18.2 Å². The maximum Gasteiger partial charge on any atom is 0.238 e. The number of para-hydroxylation sites is 1. The van der Waals surface area contributed by atoms with E-state index in [4.69, 9.17) is 0 Å². The van der Waals surface area contributed by atoms with Crippen LogP contribution in [0.3, 0.4) is 0 Å². The number of nitrogens with zero attached hydrogens (tertiary/aromatic N) is 1. The number of hydrogen-bond acceptors (Lipinski definition) is 3. The molecule has 1 aliphatic rings. The van der Waals surface area contributed by atoms with Crippen molar-refractivity contribution in [2.24, 2.45) is 0 Å². The van der Waals surface area contributed by atoms with Crippen molar-refractivity contribution in [2.45, 2.75) is 45.7 Å². The van der Waals surface area contributed by atoms with Crippen molar-refractivity contribution in [1.29, 1.82) is 0 Å². The zero-order valence-electron chi connectivity index (χ0n) is 17.0. The van der Waals surface area contributed by atoms with Crippen LogP contribution in [0, 0.1) is 19.7 Å². The van der Waals surface area contributed by atoms with Crippen LogP contribution in [0.5, 0.6) is 0 Å². The SMILES string of the molecule is Cc1cccc(C)c1NC(=O)CN(CCC(=O)NCc1ccccc1F)C1CC1. The Morgan fingerprint density at radius 1 is 1.03 bits per heavy atom. The van der Waals surface area contributed by atoms with Gasteiger partial charge in [-0.05, 0) is 43.9 Å². The van der Waals surface area contributed by atoms with Crippen LogP contribution in [-0.2, 0) is 16.1 Å². The Balaban J connectivity index is 1.48. The van der Waals surface area contributed by atoms with Crippen molar-refractivity contribution in [3.8, 4) is 0 Å². The Morgan fingerprint density at radius 3 is 2.38 bits per heavy atom. The van der Waals surface area contributed by atoms with Crippen molar-refractivity contribution in [3.05, 3.63) is 65.0 Å². The topological polar surface area (TPSA) is 61.4 Å². The standard InChI is InChI=1S/C23H28FN3O2/c1-16-6-5-7-17(2)23(16)26-22(29)15-27(19-10-11-19)13-12-21(28)25-14-18-8-3-4-9-20(18)24/h3-9,19H,10-15H2,1-2H3,(H,25,28)(H,26,29). The van der Waals surface area contributed by atoms with Crippen molar-refractivity contribution in [2.75, 3.05) is 18.4 Å². The number of aryl methyl sites for hydroxylation is 2. The van der Waals surface area contributed by atoms with Gasteiger partial charge in [-0.15, -0.1) is 0 Å². The fraction of sp³-hybridized carbons (Fsp3) is 0.391. The molecule has 0 atom stereocenters. The summed E-state index contributed by atoms with van der Waals surface area (Å²) < 4.78 is 13.6. The predicted octanol–water partition coefficient (Wildman–Crippen LogP) is 3.55. The maximum absolute atomic E-state index is 13.6. The van der Waals surface area contributed by atoms with Crippen LogP contribution < -0.4 is 10.6 Å². The molecule has 0 spiro atoms. The highest BCUT2D eigenvalue weighted by Crippen LogP contribution is 2.27. The fourth-order valence-corrected chi connectivity index (χ4v) is 3.37. The summed E-state index contributed by atoms with van der Waals surface area (Å²) >= 11 is 0. The van der Waals surface area contributed by atoms with Crippen LogP contribution in [-0.4, -0.2) is 35.8 Å². The number of rotatable bonds is 9. The summed E-state index contributed by atoms with van der Waals surface area (Å²) in [5, 5.41) is 5.77. The minimum absolute atomic E-state index is 0.0685. The molecule has 2 aromatic carbocycles. The first-order valence-corrected chi connectivity index (χ1v) is 10.0. The second-order valence-electron chi connectivity index (χ2n) is 7.63. The van der Waals surface area contributed by atoms with E-state index in [-0.39, 0.29) is 37.1 Å². The van der Waals surface area contributed by atoms with E-state index in [0.29, 0.717) is 18.2 Å². The summed E-state index contributed by atoms with van der Waals surface area (Å²) in [6, 6.07) is 12.7. The molecule has 1 saturated carbocycles. The third-order valence-electron chi connectivity index (χ3n) is 5.22. The van der Waals surface area contributed by atoms with Gasteiger partial charge in [-0.1, -0.05) is 36.4 Å². The Bertz CT molecular complexity index is 860. The fourth-order valence-electron chi connectivity index (χ4n) is 3.37. The molecule has 6 heteroatoms. The molecule has 2 N–H and O–H groups in total. The highest BCUT2D eigenvalue weighted by atomic mass is 19.1. The lowest BCUT2D eigenvalue weighted by atomic mass is 10.1. The van der Waals surface area contributed by atoms with Gasteiger partial charge < -0.3 is 10.6 Å². The molecular formula is C23H28FN3O2. The number of benzene rings is 2. The third-order valence-corrected chi connectivity index (χ3v) is 5.22. The number of amides is 2. The monoisotopic (exact) mass is 397 g/mol. The molecule has 0 bridgehead atoms. The smallest absolute Gasteiger partial charge is 0.238 e. The molecule has 1 fully saturated rings. The van der Waals surface area contributed by atoms with Gasteiger partial charge in [0.05, 0.1) is 6.54 Å². The zero-order chi connectivity index (χ0) is 20.8. The number of anilines is 1. The highest BCUT2D eigenvalue weighted by molar-refractivity contribution is 5.93. The summed E-state index contributed by atoms with van der Waals surface area (Å²) in [5.74, 6) is -0.536. The van der Waals surface area contributed by atoms with Crippen molar-refractivity contribution in [3.63, 3.8) is 0 Å². The Labute approximate surface area is 171 Å². The molecule has 2 amide bonds. The van der Waals surface area contributed by atoms with Gasteiger partial charge in [0.25, 0.3) is 0 Å². The molecule has 0 heterocycles. The molecule has 154 valence electrons. The summed E-state index contributed by atoms with van der Waals surface area (Å²) in [6.07, 6.45) is 2.38. The average molecular weight is 397 g/mol. The van der Waals surface area contributed by atoms with Gasteiger partial charge in [0, 0.05) is 36.8 Å². The van der Waals surface area contributed by atoms with Crippen molar-refractivity contribution < 1.29 is 14.0 Å². The van der Waals surface area contributed by atoms with Gasteiger partial charge in [-0.3, -0.25) is 14.5 Å². The molecule has 29 heavy (non-hydrogen) atoms. The van der Waals surface area contributed by atoms with E-state index in [1.807, 2.05) is 32.0 Å². The zero-order valence-corrected chi connectivity index (χ0v) is 17.0. The van der Waals surface area contributed by atoms with Crippen molar-refractivity contribution >= 4 is 17.5 Å². The van der Waals surface area contributed by atoms with Crippen LogP contribution >= 0.6 is 0 Å². The van der Waals surface area contributed by atoms with E-state index in [2.05, 4.69) is 15.5 Å². The molecule has 3 rings (SSSR count). The summed E-state index contributed by atoms with van der Waals surface area (Å²) in [7, 11) is 0. The van der Waals surface area contributed by atoms with E-state index in [0.717, 1.165) is 29.7 Å². The predicted molar refractivity (Wildman–Crippen MR) is 112 cm³/mol. The van der Waals surface area contributed by atoms with Gasteiger partial charge >= 0.3 is 0 Å². The summed E-state index contributed by atoms with van der Waals surface area (Å²) in [6.45, 7) is 4.89. The Morgan fingerprint density at radius 2 is 1.72 bits per heavy atom. The summed E-state index contributed by atoms with van der Waals surface area (Å²) in [4.78, 5) is 26.8. The number of nitrogens with one attached hydrogen (secondary N) is 2. The normalized spacial score (nSPS) is 13.4. The molecule has 5 nitrogen and oxygen atoms in total. The largest absolute Gasteiger partial charge is 0.352 e. The molecule has 2 aromatic rings.